The van der Waals surface area contributed by atoms with Crippen molar-refractivity contribution in [2.24, 2.45) is 7.05 Å². The van der Waals surface area contributed by atoms with Crippen LogP contribution in [0.3, 0.4) is 0 Å². The van der Waals surface area contributed by atoms with Crippen molar-refractivity contribution in [1.82, 2.24) is 19.1 Å². The molecule has 1 heterocycles. The Labute approximate surface area is 208 Å². The van der Waals surface area contributed by atoms with Gasteiger partial charge < -0.3 is 14.2 Å². The van der Waals surface area contributed by atoms with Crippen LogP contribution in [0.2, 0.25) is 5.02 Å². The zero-order chi connectivity index (χ0) is 26.8. The van der Waals surface area contributed by atoms with Crippen LogP contribution >= 0.6 is 11.6 Å². The van der Waals surface area contributed by atoms with Gasteiger partial charge in [0.2, 0.25) is 0 Å². The third kappa shape index (κ3) is 5.33. The summed E-state index contributed by atoms with van der Waals surface area (Å²) in [4.78, 5) is 36.2. The molecule has 15 heteroatoms. The molecule has 1 unspecified atom stereocenters. The van der Waals surface area contributed by atoms with Crippen molar-refractivity contribution in [2.45, 2.75) is 17.9 Å². The molecule has 36 heavy (non-hydrogen) atoms. The van der Waals surface area contributed by atoms with Crippen LogP contribution in [-0.2, 0) is 21.9 Å². The summed E-state index contributed by atoms with van der Waals surface area (Å²) in [5.41, 5.74) is -2.06. The van der Waals surface area contributed by atoms with E-state index in [1.165, 1.54) is 46.4 Å². The van der Waals surface area contributed by atoms with Gasteiger partial charge in [0.05, 0.1) is 24.1 Å². The molecule has 0 radical (unpaired) electrons. The summed E-state index contributed by atoms with van der Waals surface area (Å²) in [5, 5.41) is 3.35. The summed E-state index contributed by atoms with van der Waals surface area (Å²) < 4.78 is 58.7. The minimum atomic E-state index is -4.33. The number of hydrogen-bond donors (Lipinski definition) is 1. The fraction of sp³-hybridized carbons (Fsp3) is 0.238. The standard InChI is InChI=1S/C21H20ClFN4O8S/c1-11(20(29)25-36(31,32)12-5-6-16(33-3)18(7-12)34-4)35-17-9-15(14(23)8-13(17)22)27-21(30)26(2)19(28)10-24-27/h5-11H,1-4H3,(H,25,29). The Morgan fingerprint density at radius 2 is 1.78 bits per heavy atom. The minimum Gasteiger partial charge on any atom is -0.493 e. The van der Waals surface area contributed by atoms with E-state index in [0.29, 0.717) is 9.25 Å². The van der Waals surface area contributed by atoms with Gasteiger partial charge in [-0.15, -0.1) is 0 Å². The highest BCUT2D eigenvalue weighted by molar-refractivity contribution is 7.90. The Morgan fingerprint density at radius 3 is 2.42 bits per heavy atom. The predicted octanol–water partition coefficient (Wildman–Crippen LogP) is 1.01. The van der Waals surface area contributed by atoms with Gasteiger partial charge in [-0.05, 0) is 25.1 Å². The van der Waals surface area contributed by atoms with Crippen LogP contribution in [0.4, 0.5) is 4.39 Å². The van der Waals surface area contributed by atoms with Gasteiger partial charge in [-0.1, -0.05) is 11.6 Å². The first-order chi connectivity index (χ1) is 16.9. The number of aromatic nitrogens is 3. The molecule has 0 aliphatic rings. The number of sulfonamides is 1. The van der Waals surface area contributed by atoms with Gasteiger partial charge >= 0.3 is 5.69 Å². The van der Waals surface area contributed by atoms with Crippen LogP contribution in [0.5, 0.6) is 17.2 Å². The van der Waals surface area contributed by atoms with Crippen molar-refractivity contribution in [1.29, 1.82) is 0 Å². The lowest BCUT2D eigenvalue weighted by Crippen LogP contribution is -2.40. The first kappa shape index (κ1) is 26.7. The summed E-state index contributed by atoms with van der Waals surface area (Å²) in [6.45, 7) is 1.23. The number of hydrogen-bond acceptors (Lipinski definition) is 9. The fourth-order valence-corrected chi connectivity index (χ4v) is 4.17. The highest BCUT2D eigenvalue weighted by Gasteiger charge is 2.25. The molecule has 0 bridgehead atoms. The van der Waals surface area contributed by atoms with Gasteiger partial charge in [0.1, 0.15) is 17.6 Å². The van der Waals surface area contributed by atoms with Crippen LogP contribution in [0.15, 0.2) is 51.0 Å². The number of amides is 1. The predicted molar refractivity (Wildman–Crippen MR) is 125 cm³/mol. The van der Waals surface area contributed by atoms with Gasteiger partial charge in [0, 0.05) is 19.2 Å². The number of nitrogens with one attached hydrogen (secondary N) is 1. The fourth-order valence-electron chi connectivity index (χ4n) is 2.92. The molecule has 0 aliphatic carbocycles. The van der Waals surface area contributed by atoms with Crippen molar-refractivity contribution >= 4 is 27.5 Å². The molecule has 0 spiro atoms. The van der Waals surface area contributed by atoms with E-state index in [9.17, 15) is 27.2 Å². The van der Waals surface area contributed by atoms with E-state index >= 15 is 0 Å². The average molecular weight is 543 g/mol. The van der Waals surface area contributed by atoms with Crippen LogP contribution < -0.4 is 30.2 Å². The molecule has 1 amide bonds. The van der Waals surface area contributed by atoms with Crippen molar-refractivity contribution in [3.05, 3.63) is 68.2 Å². The van der Waals surface area contributed by atoms with Gasteiger partial charge in [-0.25, -0.2) is 22.3 Å². The maximum absolute atomic E-state index is 14.5. The number of benzene rings is 2. The minimum absolute atomic E-state index is 0.130. The van der Waals surface area contributed by atoms with Crippen molar-refractivity contribution < 1.29 is 31.8 Å². The highest BCUT2D eigenvalue weighted by atomic mass is 35.5. The van der Waals surface area contributed by atoms with E-state index in [1.54, 1.807) is 0 Å². The highest BCUT2D eigenvalue weighted by Crippen LogP contribution is 2.31. The molecule has 0 aliphatic heterocycles. The summed E-state index contributed by atoms with van der Waals surface area (Å²) in [6, 6.07) is 5.54. The van der Waals surface area contributed by atoms with Crippen LogP contribution in [0.1, 0.15) is 6.92 Å². The first-order valence-electron chi connectivity index (χ1n) is 9.99. The normalized spacial score (nSPS) is 12.1. The average Bonchev–Trinajstić information content (AvgIpc) is 2.83. The second-order valence-electron chi connectivity index (χ2n) is 7.22. The topological polar surface area (TPSA) is 148 Å². The SMILES string of the molecule is COc1ccc(S(=O)(=O)NC(=O)C(C)Oc2cc(-n3ncc(=O)n(C)c3=O)c(F)cc2Cl)cc1OC. The summed E-state index contributed by atoms with van der Waals surface area (Å²) >= 11 is 6.02. The number of halogens is 2. The summed E-state index contributed by atoms with van der Waals surface area (Å²) in [6.07, 6.45) is -0.619. The van der Waals surface area contributed by atoms with Gasteiger partial charge in [-0.3, -0.25) is 14.2 Å². The molecule has 3 aromatic rings. The molecule has 1 N–H and O–H groups in total. The smallest absolute Gasteiger partial charge is 0.352 e. The molecule has 0 fully saturated rings. The van der Waals surface area contributed by atoms with E-state index in [-0.39, 0.29) is 27.2 Å². The van der Waals surface area contributed by atoms with Crippen LogP contribution in [0, 0.1) is 5.82 Å². The zero-order valence-corrected chi connectivity index (χ0v) is 20.9. The van der Waals surface area contributed by atoms with E-state index in [1.807, 2.05) is 4.72 Å². The van der Waals surface area contributed by atoms with E-state index in [4.69, 9.17) is 25.8 Å². The lowest BCUT2D eigenvalue weighted by Gasteiger charge is -2.17. The lowest BCUT2D eigenvalue weighted by atomic mass is 10.2. The van der Waals surface area contributed by atoms with Crippen molar-refractivity contribution in [2.75, 3.05) is 14.2 Å². The van der Waals surface area contributed by atoms with Gasteiger partial charge in [0.15, 0.2) is 23.4 Å². The molecule has 1 atom stereocenters. The quantitative estimate of drug-likeness (QED) is 0.440. The second-order valence-corrected chi connectivity index (χ2v) is 9.31. The third-order valence-corrected chi connectivity index (χ3v) is 6.52. The molecule has 0 saturated heterocycles. The first-order valence-corrected chi connectivity index (χ1v) is 11.9. The number of rotatable bonds is 8. The molecule has 1 aromatic heterocycles. The molecule has 3 rings (SSSR count). The number of carbonyl (C=O) groups is 1. The van der Waals surface area contributed by atoms with Crippen LogP contribution in [-0.4, -0.2) is 49.0 Å². The Morgan fingerprint density at radius 1 is 1.11 bits per heavy atom. The van der Waals surface area contributed by atoms with Crippen LogP contribution in [0.25, 0.3) is 5.69 Å². The number of methoxy groups -OCH3 is 2. The Kier molecular flexibility index (Phi) is 7.69. The van der Waals surface area contributed by atoms with E-state index < -0.39 is 44.8 Å². The molecule has 12 nitrogen and oxygen atoms in total. The Balaban J connectivity index is 1.86. The molecule has 192 valence electrons. The summed E-state index contributed by atoms with van der Waals surface area (Å²) in [7, 11) is -0.452. The summed E-state index contributed by atoms with van der Waals surface area (Å²) in [5.74, 6) is -1.86. The van der Waals surface area contributed by atoms with E-state index in [0.717, 1.165) is 18.3 Å². The maximum atomic E-state index is 14.5. The zero-order valence-electron chi connectivity index (χ0n) is 19.3. The van der Waals surface area contributed by atoms with Gasteiger partial charge in [-0.2, -0.15) is 9.78 Å². The Bertz CT molecular complexity index is 1550. The molecule has 0 saturated carbocycles. The van der Waals surface area contributed by atoms with Crippen molar-refractivity contribution in [3.8, 4) is 22.9 Å². The van der Waals surface area contributed by atoms with Gasteiger partial charge in [0.25, 0.3) is 21.5 Å². The van der Waals surface area contributed by atoms with E-state index in [2.05, 4.69) is 5.10 Å². The number of ether oxygens (including phenoxy) is 3. The number of carbonyl (C=O) groups excluding carboxylic acids is 1. The second kappa shape index (κ2) is 10.4. The lowest BCUT2D eigenvalue weighted by molar-refractivity contribution is -0.125. The number of nitrogens with zero attached hydrogens (tertiary/aromatic N) is 3. The van der Waals surface area contributed by atoms with Crippen molar-refractivity contribution in [3.63, 3.8) is 0 Å². The third-order valence-electron chi connectivity index (χ3n) is 4.89. The molecular weight excluding hydrogens is 523 g/mol. The molecular formula is C21H20ClFN4O8S. The monoisotopic (exact) mass is 542 g/mol. The Hall–Kier alpha value is -3.91. The molecule has 2 aromatic carbocycles. The largest absolute Gasteiger partial charge is 0.493 e. The maximum Gasteiger partial charge on any atom is 0.352 e.